The van der Waals surface area contributed by atoms with E-state index in [9.17, 15) is 0 Å². The van der Waals surface area contributed by atoms with Crippen molar-refractivity contribution in [1.29, 1.82) is 0 Å². The Hall–Kier alpha value is -1.29. The highest BCUT2D eigenvalue weighted by molar-refractivity contribution is 6.42. The number of pyridine rings is 1. The molecule has 1 N–H and O–H groups in total. The summed E-state index contributed by atoms with van der Waals surface area (Å²) in [7, 11) is 0. The molecule has 1 atom stereocenters. The lowest BCUT2D eigenvalue weighted by Gasteiger charge is -2.16. The molecule has 0 aliphatic rings. The zero-order valence-electron chi connectivity index (χ0n) is 11.4. The third kappa shape index (κ3) is 3.63. The summed E-state index contributed by atoms with van der Waals surface area (Å²) >= 11 is 11.9. The molecule has 0 aliphatic carbocycles. The molecule has 5 heteroatoms. The van der Waals surface area contributed by atoms with Crippen molar-refractivity contribution in [3.8, 4) is 11.6 Å². The first-order valence-corrected chi connectivity index (χ1v) is 7.18. The van der Waals surface area contributed by atoms with Gasteiger partial charge >= 0.3 is 0 Å². The van der Waals surface area contributed by atoms with E-state index < -0.39 is 0 Å². The van der Waals surface area contributed by atoms with Crippen molar-refractivity contribution < 1.29 is 4.74 Å². The zero-order valence-corrected chi connectivity index (χ0v) is 12.9. The largest absolute Gasteiger partial charge is 0.439 e. The van der Waals surface area contributed by atoms with Crippen LogP contribution in [-0.2, 0) is 0 Å². The normalized spacial score (nSPS) is 12.2. The van der Waals surface area contributed by atoms with E-state index in [0.29, 0.717) is 21.7 Å². The van der Waals surface area contributed by atoms with Crippen molar-refractivity contribution in [2.24, 2.45) is 0 Å². The Bertz CT molecular complexity index is 590. The van der Waals surface area contributed by atoms with Gasteiger partial charge in [-0.05, 0) is 31.7 Å². The molecule has 1 unspecified atom stereocenters. The maximum atomic E-state index is 5.99. The molecule has 1 heterocycles. The molecule has 0 spiro atoms. The van der Waals surface area contributed by atoms with Crippen LogP contribution >= 0.6 is 23.2 Å². The second-order valence-electron chi connectivity index (χ2n) is 4.36. The highest BCUT2D eigenvalue weighted by Gasteiger charge is 2.12. The van der Waals surface area contributed by atoms with Gasteiger partial charge in [-0.3, -0.25) is 0 Å². The lowest BCUT2D eigenvalue weighted by molar-refractivity contribution is 0.444. The van der Waals surface area contributed by atoms with Gasteiger partial charge in [0.1, 0.15) is 5.75 Å². The SMILES string of the molecule is CCNC(C)c1cccnc1Oc1ccc(Cl)c(Cl)c1. The Morgan fingerprint density at radius 3 is 2.75 bits per heavy atom. The maximum absolute atomic E-state index is 5.99. The van der Waals surface area contributed by atoms with Crippen LogP contribution in [-0.4, -0.2) is 11.5 Å². The maximum Gasteiger partial charge on any atom is 0.223 e. The second-order valence-corrected chi connectivity index (χ2v) is 5.17. The van der Waals surface area contributed by atoms with Gasteiger partial charge in [0.05, 0.1) is 10.0 Å². The Labute approximate surface area is 128 Å². The first-order valence-electron chi connectivity index (χ1n) is 6.43. The van der Waals surface area contributed by atoms with Gasteiger partial charge in [0, 0.05) is 23.9 Å². The smallest absolute Gasteiger partial charge is 0.223 e. The number of ether oxygens (including phenoxy) is 1. The van der Waals surface area contributed by atoms with Crippen molar-refractivity contribution in [2.75, 3.05) is 6.54 Å². The molecule has 0 saturated carbocycles. The number of nitrogens with one attached hydrogen (secondary N) is 1. The van der Waals surface area contributed by atoms with E-state index in [0.717, 1.165) is 12.1 Å². The third-order valence-electron chi connectivity index (χ3n) is 2.88. The minimum atomic E-state index is 0.159. The monoisotopic (exact) mass is 310 g/mol. The Balaban J connectivity index is 2.26. The Kier molecular flexibility index (Phi) is 5.24. The summed E-state index contributed by atoms with van der Waals surface area (Å²) in [6.45, 7) is 5.01. The summed E-state index contributed by atoms with van der Waals surface area (Å²) in [6, 6.07) is 9.20. The van der Waals surface area contributed by atoms with Crippen LogP contribution in [0.4, 0.5) is 0 Å². The van der Waals surface area contributed by atoms with E-state index in [1.165, 1.54) is 0 Å². The van der Waals surface area contributed by atoms with Crippen LogP contribution in [0.5, 0.6) is 11.6 Å². The average Bonchev–Trinajstić information content (AvgIpc) is 2.44. The summed E-state index contributed by atoms with van der Waals surface area (Å²) in [5.41, 5.74) is 1.00. The van der Waals surface area contributed by atoms with E-state index >= 15 is 0 Å². The van der Waals surface area contributed by atoms with Gasteiger partial charge < -0.3 is 10.1 Å². The summed E-state index contributed by atoms with van der Waals surface area (Å²) < 4.78 is 5.82. The van der Waals surface area contributed by atoms with Crippen molar-refractivity contribution in [3.05, 3.63) is 52.1 Å². The second kappa shape index (κ2) is 6.93. The molecule has 2 aromatic rings. The van der Waals surface area contributed by atoms with Crippen LogP contribution in [0, 0.1) is 0 Å². The molecule has 20 heavy (non-hydrogen) atoms. The van der Waals surface area contributed by atoms with Crippen LogP contribution < -0.4 is 10.1 Å². The number of hydrogen-bond acceptors (Lipinski definition) is 3. The highest BCUT2D eigenvalue weighted by atomic mass is 35.5. The molecule has 0 saturated heterocycles. The molecule has 0 aliphatic heterocycles. The zero-order chi connectivity index (χ0) is 14.5. The Morgan fingerprint density at radius 1 is 1.25 bits per heavy atom. The molecule has 0 amide bonds. The number of rotatable bonds is 5. The topological polar surface area (TPSA) is 34.2 Å². The lowest BCUT2D eigenvalue weighted by atomic mass is 10.1. The van der Waals surface area contributed by atoms with Gasteiger partial charge in [-0.1, -0.05) is 36.2 Å². The number of aromatic nitrogens is 1. The van der Waals surface area contributed by atoms with Crippen molar-refractivity contribution in [3.63, 3.8) is 0 Å². The van der Waals surface area contributed by atoms with Crippen LogP contribution in [0.2, 0.25) is 10.0 Å². The van der Waals surface area contributed by atoms with Gasteiger partial charge in [0.2, 0.25) is 5.88 Å². The summed E-state index contributed by atoms with van der Waals surface area (Å²) in [5.74, 6) is 1.18. The third-order valence-corrected chi connectivity index (χ3v) is 3.62. The van der Waals surface area contributed by atoms with Gasteiger partial charge in [-0.25, -0.2) is 4.98 Å². The molecular formula is C15H16Cl2N2O. The minimum Gasteiger partial charge on any atom is -0.439 e. The van der Waals surface area contributed by atoms with E-state index in [1.54, 1.807) is 24.4 Å². The van der Waals surface area contributed by atoms with Crippen LogP contribution in [0.15, 0.2) is 36.5 Å². The first-order chi connectivity index (χ1) is 9.61. The number of benzene rings is 1. The molecule has 3 nitrogen and oxygen atoms in total. The fourth-order valence-corrected chi connectivity index (χ4v) is 2.17. The summed E-state index contributed by atoms with van der Waals surface area (Å²) in [4.78, 5) is 4.29. The van der Waals surface area contributed by atoms with Crippen LogP contribution in [0.25, 0.3) is 0 Å². The minimum absolute atomic E-state index is 0.159. The van der Waals surface area contributed by atoms with Crippen molar-refractivity contribution >= 4 is 23.2 Å². The highest BCUT2D eigenvalue weighted by Crippen LogP contribution is 2.31. The fraction of sp³-hybridized carbons (Fsp3) is 0.267. The molecule has 0 radical (unpaired) electrons. The van der Waals surface area contributed by atoms with E-state index in [4.69, 9.17) is 27.9 Å². The van der Waals surface area contributed by atoms with Crippen LogP contribution in [0.1, 0.15) is 25.5 Å². The average molecular weight is 311 g/mol. The Morgan fingerprint density at radius 2 is 2.05 bits per heavy atom. The molecule has 2 rings (SSSR count). The molecule has 1 aromatic carbocycles. The molecule has 106 valence electrons. The summed E-state index contributed by atoms with van der Waals surface area (Å²) in [6.07, 6.45) is 1.70. The molecule has 1 aromatic heterocycles. The van der Waals surface area contributed by atoms with Gasteiger partial charge in [-0.15, -0.1) is 0 Å². The molecular weight excluding hydrogens is 295 g/mol. The standard InChI is InChI=1S/C15H16Cl2N2O/c1-3-18-10(2)12-5-4-8-19-15(12)20-11-6-7-13(16)14(17)9-11/h4-10,18H,3H2,1-2H3. The number of nitrogens with zero attached hydrogens (tertiary/aromatic N) is 1. The van der Waals surface area contributed by atoms with E-state index in [2.05, 4.69) is 24.1 Å². The first kappa shape index (κ1) is 15.1. The van der Waals surface area contributed by atoms with E-state index in [-0.39, 0.29) is 6.04 Å². The fourth-order valence-electron chi connectivity index (χ4n) is 1.89. The van der Waals surface area contributed by atoms with Crippen molar-refractivity contribution in [1.82, 2.24) is 10.3 Å². The predicted molar refractivity (Wildman–Crippen MR) is 82.9 cm³/mol. The van der Waals surface area contributed by atoms with Gasteiger partial charge in [0.15, 0.2) is 0 Å². The predicted octanol–water partition coefficient (Wildman–Crippen LogP) is 4.85. The quantitative estimate of drug-likeness (QED) is 0.857. The van der Waals surface area contributed by atoms with E-state index in [1.807, 2.05) is 12.1 Å². The summed E-state index contributed by atoms with van der Waals surface area (Å²) in [5, 5.41) is 4.30. The number of hydrogen-bond donors (Lipinski definition) is 1. The van der Waals surface area contributed by atoms with Gasteiger partial charge in [0.25, 0.3) is 0 Å². The van der Waals surface area contributed by atoms with Gasteiger partial charge in [-0.2, -0.15) is 0 Å². The van der Waals surface area contributed by atoms with Crippen LogP contribution in [0.3, 0.4) is 0 Å². The van der Waals surface area contributed by atoms with Crippen molar-refractivity contribution in [2.45, 2.75) is 19.9 Å². The molecule has 0 fully saturated rings. The number of halogens is 2. The molecule has 0 bridgehead atoms. The lowest BCUT2D eigenvalue weighted by Crippen LogP contribution is -2.18.